The van der Waals surface area contributed by atoms with Crippen LogP contribution in [0.1, 0.15) is 12.0 Å². The van der Waals surface area contributed by atoms with E-state index in [1.165, 1.54) is 12.1 Å². The van der Waals surface area contributed by atoms with E-state index in [-0.39, 0.29) is 23.0 Å². The van der Waals surface area contributed by atoms with Crippen LogP contribution in [0.3, 0.4) is 0 Å². The van der Waals surface area contributed by atoms with Gasteiger partial charge in [-0.2, -0.15) is 0 Å². The molecule has 0 spiro atoms. The molecular formula is C16H15Br2NO3S. The second kappa shape index (κ2) is 7.59. The molecule has 0 aliphatic carbocycles. The third kappa shape index (κ3) is 5.16. The Morgan fingerprint density at radius 1 is 1.09 bits per heavy atom. The van der Waals surface area contributed by atoms with Crippen LogP contribution in [0.15, 0.2) is 56.3 Å². The van der Waals surface area contributed by atoms with E-state index in [1.54, 1.807) is 18.2 Å². The third-order valence-corrected chi connectivity index (χ3v) is 6.09. The third-order valence-electron chi connectivity index (χ3n) is 3.17. The smallest absolute Gasteiger partial charge is 0.225 e. The van der Waals surface area contributed by atoms with Gasteiger partial charge >= 0.3 is 0 Å². The molecule has 1 amide bonds. The molecule has 0 aromatic heterocycles. The molecule has 0 saturated carbocycles. The Kier molecular flexibility index (Phi) is 6.00. The molecule has 0 aliphatic heterocycles. The van der Waals surface area contributed by atoms with Crippen molar-refractivity contribution >= 4 is 53.3 Å². The fraction of sp³-hybridized carbons (Fsp3) is 0.188. The summed E-state index contributed by atoms with van der Waals surface area (Å²) in [5.41, 5.74) is 1.69. The zero-order chi connectivity index (χ0) is 17.0. The number of halogens is 2. The first-order valence-corrected chi connectivity index (χ1v) is 10.1. The van der Waals surface area contributed by atoms with Crippen LogP contribution in [-0.4, -0.2) is 20.1 Å². The fourth-order valence-electron chi connectivity index (χ4n) is 1.92. The van der Waals surface area contributed by atoms with Crippen LogP contribution in [-0.2, 0) is 14.6 Å². The molecule has 0 bridgehead atoms. The van der Waals surface area contributed by atoms with Gasteiger partial charge < -0.3 is 5.32 Å². The zero-order valence-corrected chi connectivity index (χ0v) is 16.3. The van der Waals surface area contributed by atoms with Crippen molar-refractivity contribution < 1.29 is 13.2 Å². The predicted molar refractivity (Wildman–Crippen MR) is 98.3 cm³/mol. The number of amides is 1. The first kappa shape index (κ1) is 18.2. The minimum absolute atomic E-state index is 0.0985. The van der Waals surface area contributed by atoms with Gasteiger partial charge in [0, 0.05) is 15.4 Å². The molecule has 0 aliphatic rings. The second-order valence-corrected chi connectivity index (χ2v) is 8.93. The SMILES string of the molecule is Cc1ccc(NC(=O)CCS(=O)(=O)c2ccc(Br)cc2)c(Br)c1. The summed E-state index contributed by atoms with van der Waals surface area (Å²) in [4.78, 5) is 12.2. The lowest BCUT2D eigenvalue weighted by molar-refractivity contribution is -0.115. The lowest BCUT2D eigenvalue weighted by Gasteiger charge is -2.09. The lowest BCUT2D eigenvalue weighted by Crippen LogP contribution is -2.17. The Hall–Kier alpha value is -1.18. The van der Waals surface area contributed by atoms with Crippen molar-refractivity contribution in [3.8, 4) is 0 Å². The predicted octanol–water partition coefficient (Wildman–Crippen LogP) is 4.32. The summed E-state index contributed by atoms with van der Waals surface area (Å²) in [5.74, 6) is -0.570. The molecular weight excluding hydrogens is 446 g/mol. The Labute approximate surface area is 152 Å². The van der Waals surface area contributed by atoms with Crippen molar-refractivity contribution in [2.24, 2.45) is 0 Å². The number of benzene rings is 2. The van der Waals surface area contributed by atoms with Crippen LogP contribution in [0.5, 0.6) is 0 Å². The van der Waals surface area contributed by atoms with E-state index >= 15 is 0 Å². The summed E-state index contributed by atoms with van der Waals surface area (Å²) >= 11 is 6.63. The van der Waals surface area contributed by atoms with Crippen LogP contribution in [0.2, 0.25) is 0 Å². The standard InChI is InChI=1S/C16H15Br2NO3S/c1-11-2-7-15(14(18)10-11)19-16(20)8-9-23(21,22)13-5-3-12(17)4-6-13/h2-7,10H,8-9H2,1H3,(H,19,20). The summed E-state index contributed by atoms with van der Waals surface area (Å²) in [5, 5.41) is 2.71. The maximum Gasteiger partial charge on any atom is 0.225 e. The summed E-state index contributed by atoms with van der Waals surface area (Å²) in [6.07, 6.45) is -0.0985. The van der Waals surface area contributed by atoms with Gasteiger partial charge in [-0.1, -0.05) is 22.0 Å². The molecule has 2 rings (SSSR count). The van der Waals surface area contributed by atoms with Gasteiger partial charge in [-0.25, -0.2) is 8.42 Å². The normalized spacial score (nSPS) is 11.3. The Bertz CT molecular complexity index is 818. The topological polar surface area (TPSA) is 63.2 Å². The Morgan fingerprint density at radius 2 is 1.74 bits per heavy atom. The van der Waals surface area contributed by atoms with Crippen molar-refractivity contribution in [3.05, 3.63) is 57.0 Å². The molecule has 0 unspecified atom stereocenters. The maximum absolute atomic E-state index is 12.2. The van der Waals surface area contributed by atoms with E-state index in [9.17, 15) is 13.2 Å². The first-order chi connectivity index (χ1) is 10.8. The number of carbonyl (C=O) groups excluding carboxylic acids is 1. The summed E-state index contributed by atoms with van der Waals surface area (Å²) < 4.78 is 26.0. The zero-order valence-electron chi connectivity index (χ0n) is 12.3. The minimum Gasteiger partial charge on any atom is -0.325 e. The largest absolute Gasteiger partial charge is 0.325 e. The molecule has 23 heavy (non-hydrogen) atoms. The highest BCUT2D eigenvalue weighted by atomic mass is 79.9. The highest BCUT2D eigenvalue weighted by Crippen LogP contribution is 2.23. The van der Waals surface area contributed by atoms with Gasteiger partial charge in [0.1, 0.15) is 0 Å². The minimum atomic E-state index is -3.47. The molecule has 2 aromatic carbocycles. The summed E-state index contributed by atoms with van der Waals surface area (Å²) in [6, 6.07) is 11.9. The van der Waals surface area contributed by atoms with E-state index in [2.05, 4.69) is 37.2 Å². The monoisotopic (exact) mass is 459 g/mol. The number of nitrogens with one attached hydrogen (secondary N) is 1. The number of rotatable bonds is 5. The van der Waals surface area contributed by atoms with E-state index in [0.717, 1.165) is 14.5 Å². The highest BCUT2D eigenvalue weighted by molar-refractivity contribution is 9.10. The molecule has 122 valence electrons. The van der Waals surface area contributed by atoms with Crippen LogP contribution < -0.4 is 5.32 Å². The fourth-order valence-corrected chi connectivity index (χ4v) is 4.02. The van der Waals surface area contributed by atoms with Crippen molar-refractivity contribution in [2.75, 3.05) is 11.1 Å². The maximum atomic E-state index is 12.2. The highest BCUT2D eigenvalue weighted by Gasteiger charge is 2.16. The molecule has 7 heteroatoms. The van der Waals surface area contributed by atoms with Crippen LogP contribution in [0, 0.1) is 6.92 Å². The quantitative estimate of drug-likeness (QED) is 0.722. The van der Waals surface area contributed by atoms with Gasteiger partial charge in [-0.15, -0.1) is 0 Å². The van der Waals surface area contributed by atoms with Crippen molar-refractivity contribution in [3.63, 3.8) is 0 Å². The number of aryl methyl sites for hydroxylation is 1. The molecule has 0 heterocycles. The average Bonchev–Trinajstić information content (AvgIpc) is 2.49. The van der Waals surface area contributed by atoms with Crippen molar-refractivity contribution in [1.29, 1.82) is 0 Å². The summed E-state index contributed by atoms with van der Waals surface area (Å²) in [7, 11) is -3.47. The van der Waals surface area contributed by atoms with Gasteiger partial charge in [0.25, 0.3) is 0 Å². The second-order valence-electron chi connectivity index (χ2n) is 5.05. The van der Waals surface area contributed by atoms with Crippen molar-refractivity contribution in [2.45, 2.75) is 18.2 Å². The van der Waals surface area contributed by atoms with Gasteiger partial charge in [0.2, 0.25) is 5.91 Å². The summed E-state index contributed by atoms with van der Waals surface area (Å²) in [6.45, 7) is 1.95. The van der Waals surface area contributed by atoms with Crippen LogP contribution in [0.4, 0.5) is 5.69 Å². The molecule has 4 nitrogen and oxygen atoms in total. The van der Waals surface area contributed by atoms with Gasteiger partial charge in [-0.3, -0.25) is 4.79 Å². The van der Waals surface area contributed by atoms with Gasteiger partial charge in [-0.05, 0) is 64.8 Å². The Morgan fingerprint density at radius 3 is 2.35 bits per heavy atom. The van der Waals surface area contributed by atoms with Gasteiger partial charge in [0.05, 0.1) is 16.3 Å². The Balaban J connectivity index is 1.99. The number of carbonyl (C=O) groups is 1. The number of hydrogen-bond donors (Lipinski definition) is 1. The number of hydrogen-bond acceptors (Lipinski definition) is 3. The van der Waals surface area contributed by atoms with Gasteiger partial charge in [0.15, 0.2) is 9.84 Å². The molecule has 0 saturated heterocycles. The number of sulfone groups is 1. The van der Waals surface area contributed by atoms with E-state index < -0.39 is 9.84 Å². The molecule has 1 N–H and O–H groups in total. The average molecular weight is 461 g/mol. The van der Waals surface area contributed by atoms with Crippen LogP contribution in [0.25, 0.3) is 0 Å². The molecule has 0 radical (unpaired) electrons. The first-order valence-electron chi connectivity index (χ1n) is 6.82. The lowest BCUT2D eigenvalue weighted by atomic mass is 10.2. The molecule has 2 aromatic rings. The van der Waals surface area contributed by atoms with E-state index in [0.29, 0.717) is 5.69 Å². The van der Waals surface area contributed by atoms with Crippen LogP contribution >= 0.6 is 31.9 Å². The van der Waals surface area contributed by atoms with E-state index in [4.69, 9.17) is 0 Å². The number of anilines is 1. The van der Waals surface area contributed by atoms with Crippen molar-refractivity contribution in [1.82, 2.24) is 0 Å². The molecule has 0 atom stereocenters. The molecule has 0 fully saturated rings. The van der Waals surface area contributed by atoms with E-state index in [1.807, 2.05) is 19.1 Å².